The predicted molar refractivity (Wildman–Crippen MR) is 138 cm³/mol. The lowest BCUT2D eigenvalue weighted by Crippen LogP contribution is -2.56. The molecule has 174 valence electrons. The van der Waals surface area contributed by atoms with Crippen LogP contribution in [0, 0.1) is 34.0 Å². The van der Waals surface area contributed by atoms with Crippen molar-refractivity contribution in [1.82, 2.24) is 0 Å². The van der Waals surface area contributed by atoms with Crippen molar-refractivity contribution in [2.75, 3.05) is 0 Å². The van der Waals surface area contributed by atoms with Gasteiger partial charge >= 0.3 is 0 Å². The van der Waals surface area contributed by atoms with E-state index in [1.54, 1.807) is 0 Å². The Labute approximate surface area is 203 Å². The van der Waals surface area contributed by atoms with Crippen LogP contribution >= 0.6 is 0 Å². The lowest BCUT2D eigenvalue weighted by molar-refractivity contribution is -0.152. The van der Waals surface area contributed by atoms with Gasteiger partial charge in [-0.2, -0.15) is 0 Å². The molecule has 1 saturated carbocycles. The molecule has 5 rings (SSSR count). The van der Waals surface area contributed by atoms with Crippen molar-refractivity contribution in [1.29, 1.82) is 0 Å². The number of hydrogen-bond acceptors (Lipinski definition) is 2. The third kappa shape index (κ3) is 3.07. The van der Waals surface area contributed by atoms with E-state index in [9.17, 15) is 9.59 Å². The summed E-state index contributed by atoms with van der Waals surface area (Å²) in [7, 11) is 0. The number of ketones is 2. The van der Waals surface area contributed by atoms with Gasteiger partial charge in [0.05, 0.1) is 0 Å². The fourth-order valence-corrected chi connectivity index (χ4v) is 6.46. The van der Waals surface area contributed by atoms with Crippen LogP contribution in [0.4, 0.5) is 0 Å². The highest BCUT2D eigenvalue weighted by Crippen LogP contribution is 2.63. The summed E-state index contributed by atoms with van der Waals surface area (Å²) in [6, 6.07) is 20.7. The maximum atomic E-state index is 14.3. The Balaban J connectivity index is 1.79. The van der Waals surface area contributed by atoms with Crippen molar-refractivity contribution in [2.24, 2.45) is 34.0 Å². The van der Waals surface area contributed by atoms with Crippen LogP contribution in [0.5, 0.6) is 0 Å². The Bertz CT molecular complexity index is 1200. The second-order valence-electron chi connectivity index (χ2n) is 12.1. The molecule has 2 aromatic carbocycles. The molecule has 34 heavy (non-hydrogen) atoms. The summed E-state index contributed by atoms with van der Waals surface area (Å²) in [4.78, 5) is 28.5. The molecule has 0 aromatic heterocycles. The minimum atomic E-state index is -1.05. The minimum Gasteiger partial charge on any atom is -0.298 e. The van der Waals surface area contributed by atoms with Crippen LogP contribution in [0.3, 0.4) is 0 Å². The third-order valence-electron chi connectivity index (χ3n) is 8.12. The largest absolute Gasteiger partial charge is 0.298 e. The van der Waals surface area contributed by atoms with Crippen molar-refractivity contribution in [3.63, 3.8) is 0 Å². The summed E-state index contributed by atoms with van der Waals surface area (Å²) in [6.45, 7) is 12.6. The summed E-state index contributed by atoms with van der Waals surface area (Å²) >= 11 is 0. The van der Waals surface area contributed by atoms with Crippen LogP contribution in [0.1, 0.15) is 52.7 Å². The second-order valence-corrected chi connectivity index (χ2v) is 12.1. The van der Waals surface area contributed by atoms with Gasteiger partial charge in [0.15, 0.2) is 11.6 Å². The molecule has 0 heterocycles. The van der Waals surface area contributed by atoms with Gasteiger partial charge < -0.3 is 0 Å². The molecule has 1 fully saturated rings. The number of fused-ring (bicyclic) bond motifs is 4. The van der Waals surface area contributed by atoms with E-state index in [4.69, 9.17) is 0 Å². The second kappa shape index (κ2) is 7.50. The first-order valence-corrected chi connectivity index (χ1v) is 12.3. The van der Waals surface area contributed by atoms with E-state index in [1.807, 2.05) is 57.2 Å². The van der Waals surface area contributed by atoms with Crippen LogP contribution in [-0.4, -0.2) is 11.6 Å². The summed E-state index contributed by atoms with van der Waals surface area (Å²) in [5.41, 5.74) is 3.84. The first-order valence-electron chi connectivity index (χ1n) is 12.3. The minimum absolute atomic E-state index is 0.0669. The molecule has 0 saturated heterocycles. The van der Waals surface area contributed by atoms with Gasteiger partial charge in [0, 0.05) is 17.8 Å². The molecule has 3 aliphatic carbocycles. The summed E-state index contributed by atoms with van der Waals surface area (Å²) in [5, 5.41) is 0. The van der Waals surface area contributed by atoms with E-state index in [0.717, 1.165) is 27.8 Å². The highest BCUT2D eigenvalue weighted by atomic mass is 16.2. The summed E-state index contributed by atoms with van der Waals surface area (Å²) in [6.07, 6.45) is 6.29. The molecular formula is C32H34O2. The number of rotatable bonds is 2. The summed E-state index contributed by atoms with van der Waals surface area (Å²) < 4.78 is 0. The normalized spacial score (nSPS) is 28.2. The Morgan fingerprint density at radius 2 is 1.29 bits per heavy atom. The Kier molecular flexibility index (Phi) is 5.02. The summed E-state index contributed by atoms with van der Waals surface area (Å²) in [5.74, 6) is -0.571. The zero-order valence-corrected chi connectivity index (χ0v) is 21.1. The lowest BCUT2D eigenvalue weighted by atomic mass is 9.53. The van der Waals surface area contributed by atoms with Crippen LogP contribution in [0.15, 0.2) is 90.0 Å². The Hall–Kier alpha value is -3.00. The zero-order chi connectivity index (χ0) is 24.5. The number of benzene rings is 2. The quantitative estimate of drug-likeness (QED) is 0.362. The van der Waals surface area contributed by atoms with Crippen molar-refractivity contribution < 1.29 is 9.59 Å². The standard InChI is InChI=1S/C32H34O2/c1-30(2,3)24-19-32(31(4,5)6)28(33)23-18-17-22(26(23)27(24)29(32)34)25(20-13-9-7-10-14-20)21-15-11-8-12-16-21/h7-19,23,26-27H,1-6H3/t23-,26+,27+,32+/m1/s1. The number of Topliss-reactive ketones (excluding diaryl/α,β-unsaturated/α-hetero) is 2. The van der Waals surface area contributed by atoms with Gasteiger partial charge in [-0.1, -0.05) is 126 Å². The van der Waals surface area contributed by atoms with Gasteiger partial charge in [0.25, 0.3) is 0 Å². The van der Waals surface area contributed by atoms with E-state index in [1.165, 1.54) is 0 Å². The SMILES string of the molecule is CC(C)(C)C1=C[C@@]2(C(C)(C)C)C(=O)[C@@H]1[C@H]1C(=C(c3ccccc3)c3ccccc3)C=C[C@H]1C2=O. The first kappa shape index (κ1) is 22.8. The van der Waals surface area contributed by atoms with E-state index in [-0.39, 0.29) is 34.7 Å². The molecular weight excluding hydrogens is 416 g/mol. The average molecular weight is 451 g/mol. The van der Waals surface area contributed by atoms with Crippen LogP contribution in [0.2, 0.25) is 0 Å². The van der Waals surface area contributed by atoms with Crippen LogP contribution in [0.25, 0.3) is 5.57 Å². The molecule has 2 heteroatoms. The maximum Gasteiger partial charge on any atom is 0.158 e. The molecule has 0 amide bonds. The fraction of sp³-hybridized carbons (Fsp3) is 0.375. The molecule has 4 atom stereocenters. The van der Waals surface area contributed by atoms with Crippen molar-refractivity contribution >= 4 is 17.1 Å². The van der Waals surface area contributed by atoms with Gasteiger partial charge in [0.1, 0.15) is 5.41 Å². The van der Waals surface area contributed by atoms with Gasteiger partial charge in [-0.05, 0) is 33.1 Å². The topological polar surface area (TPSA) is 34.1 Å². The molecule has 2 aromatic rings. The maximum absolute atomic E-state index is 14.3. The molecule has 2 nitrogen and oxygen atoms in total. The first-order chi connectivity index (χ1) is 16.0. The molecule has 3 aliphatic rings. The molecule has 0 unspecified atom stereocenters. The van der Waals surface area contributed by atoms with E-state index < -0.39 is 10.8 Å². The highest BCUT2D eigenvalue weighted by molar-refractivity contribution is 6.18. The number of carbonyl (C=O) groups is 2. The van der Waals surface area contributed by atoms with Crippen molar-refractivity contribution in [3.8, 4) is 0 Å². The molecule has 0 spiro atoms. The molecule has 0 aliphatic heterocycles. The number of hydrogen-bond donors (Lipinski definition) is 0. The smallest absolute Gasteiger partial charge is 0.158 e. The van der Waals surface area contributed by atoms with Crippen LogP contribution in [-0.2, 0) is 9.59 Å². The van der Waals surface area contributed by atoms with Gasteiger partial charge in [-0.25, -0.2) is 0 Å². The Morgan fingerprint density at radius 3 is 1.76 bits per heavy atom. The van der Waals surface area contributed by atoms with Gasteiger partial charge in [-0.3, -0.25) is 9.59 Å². The van der Waals surface area contributed by atoms with Gasteiger partial charge in [0.2, 0.25) is 0 Å². The number of carbonyl (C=O) groups excluding carboxylic acids is 2. The Morgan fingerprint density at radius 1 is 0.765 bits per heavy atom. The molecule has 2 bridgehead atoms. The lowest BCUT2D eigenvalue weighted by Gasteiger charge is -2.45. The predicted octanol–water partition coefficient (Wildman–Crippen LogP) is 7.08. The van der Waals surface area contributed by atoms with E-state index >= 15 is 0 Å². The molecule has 0 N–H and O–H groups in total. The van der Waals surface area contributed by atoms with Crippen molar-refractivity contribution in [2.45, 2.75) is 41.5 Å². The average Bonchev–Trinajstić information content (AvgIpc) is 3.30. The third-order valence-corrected chi connectivity index (χ3v) is 8.12. The highest BCUT2D eigenvalue weighted by Gasteiger charge is 2.68. The van der Waals surface area contributed by atoms with E-state index in [2.05, 4.69) is 63.3 Å². The van der Waals surface area contributed by atoms with Crippen LogP contribution < -0.4 is 0 Å². The van der Waals surface area contributed by atoms with E-state index in [0.29, 0.717) is 0 Å². The monoisotopic (exact) mass is 450 g/mol. The molecule has 0 radical (unpaired) electrons. The zero-order valence-electron chi connectivity index (χ0n) is 21.1. The fourth-order valence-electron chi connectivity index (χ4n) is 6.46. The van der Waals surface area contributed by atoms with Gasteiger partial charge in [-0.15, -0.1) is 0 Å². The van der Waals surface area contributed by atoms with Crippen molar-refractivity contribution in [3.05, 3.63) is 101 Å². The number of allylic oxidation sites excluding steroid dienone is 5.